The Bertz CT molecular complexity index is 450. The molecule has 0 aliphatic rings. The Labute approximate surface area is 95.1 Å². The van der Waals surface area contributed by atoms with E-state index in [4.69, 9.17) is 0 Å². The summed E-state index contributed by atoms with van der Waals surface area (Å²) in [7, 11) is 0. The van der Waals surface area contributed by atoms with Crippen molar-refractivity contribution in [3.63, 3.8) is 0 Å². The second kappa shape index (κ2) is 4.59. The fourth-order valence-corrected chi connectivity index (χ4v) is 2.26. The van der Waals surface area contributed by atoms with Gasteiger partial charge in [-0.1, -0.05) is 17.8 Å². The Balaban J connectivity index is 2.08. The van der Waals surface area contributed by atoms with Crippen molar-refractivity contribution >= 4 is 28.9 Å². The van der Waals surface area contributed by atoms with Crippen LogP contribution in [-0.4, -0.2) is 26.7 Å². The van der Waals surface area contributed by atoms with E-state index in [1.54, 1.807) is 18.3 Å². The van der Waals surface area contributed by atoms with Crippen molar-refractivity contribution in [1.29, 1.82) is 0 Å². The van der Waals surface area contributed by atoms with Gasteiger partial charge in [-0.25, -0.2) is 4.98 Å². The second-order valence-electron chi connectivity index (χ2n) is 2.93. The van der Waals surface area contributed by atoms with Crippen LogP contribution in [0.15, 0.2) is 22.7 Å². The van der Waals surface area contributed by atoms with Crippen LogP contribution in [-0.2, 0) is 4.79 Å². The Hall–Kier alpha value is -1.14. The van der Waals surface area contributed by atoms with Crippen molar-refractivity contribution in [1.82, 2.24) is 15.2 Å². The van der Waals surface area contributed by atoms with Crippen LogP contribution in [0.4, 0.5) is 0 Å². The number of hydrogen-bond acceptors (Lipinski definition) is 5. The quantitative estimate of drug-likeness (QED) is 0.831. The molecule has 6 heteroatoms. The summed E-state index contributed by atoms with van der Waals surface area (Å²) in [5.41, 5.74) is 0. The lowest BCUT2D eigenvalue weighted by Gasteiger charge is -1.89. The van der Waals surface area contributed by atoms with Gasteiger partial charge in [-0.05, 0) is 18.4 Å². The zero-order chi connectivity index (χ0) is 10.7. The highest BCUT2D eigenvalue weighted by Crippen LogP contribution is 2.22. The van der Waals surface area contributed by atoms with E-state index in [0.717, 1.165) is 10.7 Å². The van der Waals surface area contributed by atoms with Gasteiger partial charge in [0.15, 0.2) is 5.82 Å². The van der Waals surface area contributed by atoms with Crippen molar-refractivity contribution in [3.05, 3.63) is 17.5 Å². The molecule has 2 rings (SSSR count). The number of Topliss-reactive ketones (excluding diaryl/α,β-unsaturated/α-hetero) is 1. The SMILES string of the molecule is CC(=O)CSc1n[nH]c(-c2cccs2)n1. The molecule has 0 aliphatic carbocycles. The normalized spacial score (nSPS) is 10.5. The Morgan fingerprint density at radius 1 is 1.67 bits per heavy atom. The minimum Gasteiger partial charge on any atom is -0.299 e. The lowest BCUT2D eigenvalue weighted by Crippen LogP contribution is -1.93. The van der Waals surface area contributed by atoms with Gasteiger partial charge in [-0.3, -0.25) is 9.89 Å². The van der Waals surface area contributed by atoms with Crippen molar-refractivity contribution in [2.45, 2.75) is 12.1 Å². The minimum absolute atomic E-state index is 0.127. The summed E-state index contributed by atoms with van der Waals surface area (Å²) in [4.78, 5) is 16.1. The van der Waals surface area contributed by atoms with Crippen molar-refractivity contribution < 1.29 is 4.79 Å². The van der Waals surface area contributed by atoms with Crippen LogP contribution in [0.3, 0.4) is 0 Å². The number of aromatic nitrogens is 3. The van der Waals surface area contributed by atoms with Crippen LogP contribution in [0.1, 0.15) is 6.92 Å². The largest absolute Gasteiger partial charge is 0.299 e. The second-order valence-corrected chi connectivity index (χ2v) is 4.82. The Morgan fingerprint density at radius 3 is 3.20 bits per heavy atom. The summed E-state index contributed by atoms with van der Waals surface area (Å²) in [6.45, 7) is 1.56. The topological polar surface area (TPSA) is 58.6 Å². The molecule has 2 heterocycles. The fraction of sp³-hybridized carbons (Fsp3) is 0.222. The molecule has 0 amide bonds. The van der Waals surface area contributed by atoms with Crippen molar-refractivity contribution in [2.75, 3.05) is 5.75 Å². The Morgan fingerprint density at radius 2 is 2.53 bits per heavy atom. The number of rotatable bonds is 4. The van der Waals surface area contributed by atoms with E-state index in [1.165, 1.54) is 11.8 Å². The average Bonchev–Trinajstić information content (AvgIpc) is 2.85. The maximum atomic E-state index is 10.8. The molecule has 0 saturated carbocycles. The molecule has 0 bridgehead atoms. The van der Waals surface area contributed by atoms with Gasteiger partial charge in [0.1, 0.15) is 5.78 Å². The first-order chi connectivity index (χ1) is 7.25. The maximum Gasteiger partial charge on any atom is 0.209 e. The van der Waals surface area contributed by atoms with E-state index in [1.807, 2.05) is 17.5 Å². The zero-order valence-corrected chi connectivity index (χ0v) is 9.69. The van der Waals surface area contributed by atoms with E-state index in [2.05, 4.69) is 15.2 Å². The van der Waals surface area contributed by atoms with Gasteiger partial charge in [-0.15, -0.1) is 16.4 Å². The smallest absolute Gasteiger partial charge is 0.209 e. The summed E-state index contributed by atoms with van der Waals surface area (Å²) < 4.78 is 0. The van der Waals surface area contributed by atoms with Crippen LogP contribution in [0, 0.1) is 0 Å². The molecular weight excluding hydrogens is 230 g/mol. The molecule has 0 aliphatic heterocycles. The Kier molecular flexibility index (Phi) is 3.17. The molecule has 0 atom stereocenters. The van der Waals surface area contributed by atoms with Gasteiger partial charge in [0, 0.05) is 0 Å². The first kappa shape index (κ1) is 10.4. The van der Waals surface area contributed by atoms with E-state index in [-0.39, 0.29) is 5.78 Å². The molecule has 0 aromatic carbocycles. The third-order valence-electron chi connectivity index (χ3n) is 1.62. The molecule has 15 heavy (non-hydrogen) atoms. The third-order valence-corrected chi connectivity index (χ3v) is 3.49. The van der Waals surface area contributed by atoms with Crippen LogP contribution in [0.25, 0.3) is 10.7 Å². The highest BCUT2D eigenvalue weighted by atomic mass is 32.2. The standard InChI is InChI=1S/C9H9N3OS2/c1-6(13)5-15-9-10-8(11-12-9)7-3-2-4-14-7/h2-4H,5H2,1H3,(H,10,11,12). The number of hydrogen-bond donors (Lipinski definition) is 1. The summed E-state index contributed by atoms with van der Waals surface area (Å²) >= 11 is 2.95. The molecule has 0 spiro atoms. The minimum atomic E-state index is 0.127. The van der Waals surface area contributed by atoms with Gasteiger partial charge in [0.25, 0.3) is 0 Å². The van der Waals surface area contributed by atoms with Crippen LogP contribution < -0.4 is 0 Å². The predicted molar refractivity (Wildman–Crippen MR) is 61.1 cm³/mol. The molecule has 2 aromatic rings. The van der Waals surface area contributed by atoms with Crippen LogP contribution in [0.2, 0.25) is 0 Å². The maximum absolute atomic E-state index is 10.8. The van der Waals surface area contributed by atoms with Gasteiger partial charge in [0.05, 0.1) is 10.6 Å². The number of thiophene rings is 1. The molecule has 0 radical (unpaired) electrons. The number of aromatic amines is 1. The molecule has 2 aromatic heterocycles. The number of thioether (sulfide) groups is 1. The van der Waals surface area contributed by atoms with E-state index in [9.17, 15) is 4.79 Å². The monoisotopic (exact) mass is 239 g/mol. The lowest BCUT2D eigenvalue weighted by atomic mass is 10.4. The average molecular weight is 239 g/mol. The molecule has 0 unspecified atom stereocenters. The summed E-state index contributed by atoms with van der Waals surface area (Å²) in [5.74, 6) is 1.31. The zero-order valence-electron chi connectivity index (χ0n) is 8.06. The van der Waals surface area contributed by atoms with Gasteiger partial charge in [0.2, 0.25) is 5.16 Å². The lowest BCUT2D eigenvalue weighted by molar-refractivity contribution is -0.114. The fourth-order valence-electron chi connectivity index (χ4n) is 1.00. The molecule has 0 saturated heterocycles. The van der Waals surface area contributed by atoms with E-state index < -0.39 is 0 Å². The number of carbonyl (C=O) groups excluding carboxylic acids is 1. The van der Waals surface area contributed by atoms with Gasteiger partial charge >= 0.3 is 0 Å². The van der Waals surface area contributed by atoms with Crippen LogP contribution >= 0.6 is 23.1 Å². The van der Waals surface area contributed by atoms with E-state index >= 15 is 0 Å². The third kappa shape index (κ3) is 2.66. The summed E-state index contributed by atoms with van der Waals surface area (Å²) in [5, 5.41) is 9.48. The molecule has 1 N–H and O–H groups in total. The number of carbonyl (C=O) groups is 1. The summed E-state index contributed by atoms with van der Waals surface area (Å²) in [6.07, 6.45) is 0. The highest BCUT2D eigenvalue weighted by molar-refractivity contribution is 7.99. The van der Waals surface area contributed by atoms with Gasteiger partial charge < -0.3 is 0 Å². The molecular formula is C9H9N3OS2. The molecule has 0 fully saturated rings. The van der Waals surface area contributed by atoms with Crippen molar-refractivity contribution in [2.24, 2.45) is 0 Å². The number of H-pyrrole nitrogens is 1. The summed E-state index contributed by atoms with van der Waals surface area (Å²) in [6, 6.07) is 3.94. The first-order valence-corrected chi connectivity index (χ1v) is 6.21. The number of nitrogens with zero attached hydrogens (tertiary/aromatic N) is 2. The van der Waals surface area contributed by atoms with Crippen molar-refractivity contribution in [3.8, 4) is 10.7 Å². The van der Waals surface area contributed by atoms with E-state index in [0.29, 0.717) is 10.9 Å². The molecule has 4 nitrogen and oxygen atoms in total. The first-order valence-electron chi connectivity index (χ1n) is 4.34. The van der Waals surface area contributed by atoms with Gasteiger partial charge in [-0.2, -0.15) is 0 Å². The highest BCUT2D eigenvalue weighted by Gasteiger charge is 2.07. The predicted octanol–water partition coefficient (Wildman–Crippen LogP) is 2.21. The molecule has 78 valence electrons. The number of ketones is 1. The van der Waals surface area contributed by atoms with Crippen LogP contribution in [0.5, 0.6) is 0 Å². The number of nitrogens with one attached hydrogen (secondary N) is 1.